The van der Waals surface area contributed by atoms with Crippen molar-refractivity contribution in [2.75, 3.05) is 18.5 Å². The second kappa shape index (κ2) is 9.68. The number of hydrogen-bond acceptors (Lipinski definition) is 6. The van der Waals surface area contributed by atoms with Gasteiger partial charge in [0.05, 0.1) is 12.2 Å². The van der Waals surface area contributed by atoms with E-state index in [1.54, 1.807) is 19.9 Å². The highest BCUT2D eigenvalue weighted by Crippen LogP contribution is 2.32. The van der Waals surface area contributed by atoms with E-state index in [1.807, 2.05) is 37.3 Å². The van der Waals surface area contributed by atoms with E-state index >= 15 is 0 Å². The van der Waals surface area contributed by atoms with Crippen LogP contribution in [0.4, 0.5) is 5.00 Å². The van der Waals surface area contributed by atoms with E-state index in [1.165, 1.54) is 17.4 Å². The van der Waals surface area contributed by atoms with Crippen LogP contribution in [0.2, 0.25) is 0 Å². The highest BCUT2D eigenvalue weighted by Gasteiger charge is 2.22. The van der Waals surface area contributed by atoms with Gasteiger partial charge in [-0.3, -0.25) is 4.79 Å². The van der Waals surface area contributed by atoms with Gasteiger partial charge >= 0.3 is 11.9 Å². The lowest BCUT2D eigenvalue weighted by Crippen LogP contribution is -2.21. The predicted octanol–water partition coefficient (Wildman–Crippen LogP) is 3.74. The standard InChI is InChI=1S/C20H21NO5S/c1-4-25-20(24)18-13(2)14(3)27-19(18)21-16(22)12-26-17(23)11-10-15-8-6-5-7-9-15/h5-11H,4,12H2,1-3H3,(H,21,22). The van der Waals surface area contributed by atoms with Gasteiger partial charge in [0.15, 0.2) is 6.61 Å². The molecular weight excluding hydrogens is 366 g/mol. The van der Waals surface area contributed by atoms with Crippen molar-refractivity contribution in [2.24, 2.45) is 0 Å². The second-order valence-electron chi connectivity index (χ2n) is 5.61. The molecule has 0 atom stereocenters. The molecule has 1 heterocycles. The van der Waals surface area contributed by atoms with E-state index in [-0.39, 0.29) is 6.61 Å². The first kappa shape index (κ1) is 20.4. The topological polar surface area (TPSA) is 81.7 Å². The SMILES string of the molecule is CCOC(=O)c1c(NC(=O)COC(=O)C=Cc2ccccc2)sc(C)c1C. The van der Waals surface area contributed by atoms with Gasteiger partial charge in [-0.15, -0.1) is 11.3 Å². The van der Waals surface area contributed by atoms with E-state index in [4.69, 9.17) is 9.47 Å². The number of esters is 2. The zero-order chi connectivity index (χ0) is 19.8. The molecule has 1 aromatic heterocycles. The average molecular weight is 387 g/mol. The summed E-state index contributed by atoms with van der Waals surface area (Å²) in [6.45, 7) is 5.16. The Hall–Kier alpha value is -2.93. The Kier molecular flexibility index (Phi) is 7.31. The van der Waals surface area contributed by atoms with Crippen molar-refractivity contribution in [1.29, 1.82) is 0 Å². The van der Waals surface area contributed by atoms with Crippen LogP contribution in [0, 0.1) is 13.8 Å². The lowest BCUT2D eigenvalue weighted by atomic mass is 10.1. The minimum absolute atomic E-state index is 0.242. The van der Waals surface area contributed by atoms with Gasteiger partial charge in [-0.1, -0.05) is 30.3 Å². The maximum Gasteiger partial charge on any atom is 0.341 e. The molecule has 1 amide bonds. The molecule has 0 fully saturated rings. The van der Waals surface area contributed by atoms with Gasteiger partial charge in [-0.25, -0.2) is 9.59 Å². The summed E-state index contributed by atoms with van der Waals surface area (Å²) >= 11 is 1.28. The minimum Gasteiger partial charge on any atom is -0.462 e. The van der Waals surface area contributed by atoms with Crippen LogP contribution >= 0.6 is 11.3 Å². The van der Waals surface area contributed by atoms with Gasteiger partial charge in [0.1, 0.15) is 5.00 Å². The predicted molar refractivity (Wildman–Crippen MR) is 105 cm³/mol. The lowest BCUT2D eigenvalue weighted by molar-refractivity contribution is -0.142. The van der Waals surface area contributed by atoms with Crippen LogP contribution < -0.4 is 5.32 Å². The van der Waals surface area contributed by atoms with Gasteiger partial charge in [0.2, 0.25) is 0 Å². The number of rotatable bonds is 7. The van der Waals surface area contributed by atoms with E-state index in [0.717, 1.165) is 16.0 Å². The molecule has 0 unspecified atom stereocenters. The molecule has 2 aromatic rings. The van der Waals surface area contributed by atoms with Crippen LogP contribution in [0.15, 0.2) is 36.4 Å². The Morgan fingerprint density at radius 1 is 1.11 bits per heavy atom. The molecule has 142 valence electrons. The van der Waals surface area contributed by atoms with Gasteiger partial charge in [0, 0.05) is 11.0 Å². The van der Waals surface area contributed by atoms with Gasteiger partial charge in [-0.2, -0.15) is 0 Å². The van der Waals surface area contributed by atoms with Crippen molar-refractivity contribution >= 4 is 40.3 Å². The number of thiophene rings is 1. The first-order chi connectivity index (χ1) is 12.9. The smallest absolute Gasteiger partial charge is 0.341 e. The second-order valence-corrected chi connectivity index (χ2v) is 6.83. The summed E-state index contributed by atoms with van der Waals surface area (Å²) in [7, 11) is 0. The summed E-state index contributed by atoms with van der Waals surface area (Å²) in [5, 5.41) is 3.01. The number of benzene rings is 1. The van der Waals surface area contributed by atoms with Crippen LogP contribution in [0.5, 0.6) is 0 Å². The number of amides is 1. The largest absolute Gasteiger partial charge is 0.462 e. The van der Waals surface area contributed by atoms with Crippen LogP contribution in [-0.4, -0.2) is 31.1 Å². The number of nitrogens with one attached hydrogen (secondary N) is 1. The molecule has 0 saturated heterocycles. The quantitative estimate of drug-likeness (QED) is 0.578. The first-order valence-corrected chi connectivity index (χ1v) is 9.20. The molecule has 0 spiro atoms. The summed E-state index contributed by atoms with van der Waals surface area (Å²) in [6.07, 6.45) is 2.86. The molecule has 6 nitrogen and oxygen atoms in total. The molecular formula is C20H21NO5S. The highest BCUT2D eigenvalue weighted by atomic mass is 32.1. The highest BCUT2D eigenvalue weighted by molar-refractivity contribution is 7.16. The summed E-state index contributed by atoms with van der Waals surface area (Å²) in [5.41, 5.74) is 1.95. The van der Waals surface area contributed by atoms with Crippen molar-refractivity contribution in [3.05, 3.63) is 58.0 Å². The van der Waals surface area contributed by atoms with Crippen LogP contribution in [0.1, 0.15) is 33.3 Å². The number of ether oxygens (including phenoxy) is 2. The van der Waals surface area contributed by atoms with Gasteiger partial charge in [0.25, 0.3) is 5.91 Å². The molecule has 0 saturated carbocycles. The van der Waals surface area contributed by atoms with Crippen LogP contribution in [0.25, 0.3) is 6.08 Å². The van der Waals surface area contributed by atoms with E-state index in [2.05, 4.69) is 5.32 Å². The van der Waals surface area contributed by atoms with Crippen molar-refractivity contribution in [2.45, 2.75) is 20.8 Å². The van der Waals surface area contributed by atoms with Crippen LogP contribution in [-0.2, 0) is 19.1 Å². The fraction of sp³-hybridized carbons (Fsp3) is 0.250. The molecule has 0 aliphatic heterocycles. The molecule has 2 rings (SSSR count). The van der Waals surface area contributed by atoms with Gasteiger partial charge < -0.3 is 14.8 Å². The van der Waals surface area contributed by atoms with Gasteiger partial charge in [-0.05, 0) is 38.0 Å². The third kappa shape index (κ3) is 5.79. The first-order valence-electron chi connectivity index (χ1n) is 8.39. The zero-order valence-electron chi connectivity index (χ0n) is 15.4. The fourth-order valence-electron chi connectivity index (χ4n) is 2.24. The van der Waals surface area contributed by atoms with E-state index < -0.39 is 24.5 Å². The summed E-state index contributed by atoms with van der Waals surface area (Å²) in [5.74, 6) is -1.64. The monoisotopic (exact) mass is 387 g/mol. The maximum absolute atomic E-state index is 12.1. The number of carbonyl (C=O) groups excluding carboxylic acids is 3. The van der Waals surface area contributed by atoms with Crippen molar-refractivity contribution in [1.82, 2.24) is 0 Å². The van der Waals surface area contributed by atoms with E-state index in [9.17, 15) is 14.4 Å². The third-order valence-corrected chi connectivity index (χ3v) is 4.80. The Balaban J connectivity index is 1.94. The molecule has 1 N–H and O–H groups in total. The molecule has 7 heteroatoms. The Morgan fingerprint density at radius 2 is 1.81 bits per heavy atom. The molecule has 0 aliphatic carbocycles. The zero-order valence-corrected chi connectivity index (χ0v) is 16.2. The molecule has 0 bridgehead atoms. The summed E-state index contributed by atoms with van der Waals surface area (Å²) in [6, 6.07) is 9.26. The number of aryl methyl sites for hydroxylation is 1. The molecule has 0 aliphatic rings. The van der Waals surface area contributed by atoms with Crippen molar-refractivity contribution in [3.8, 4) is 0 Å². The molecule has 1 aromatic carbocycles. The Bertz CT molecular complexity index is 855. The number of hydrogen-bond donors (Lipinski definition) is 1. The van der Waals surface area contributed by atoms with Crippen molar-refractivity contribution in [3.63, 3.8) is 0 Å². The molecule has 0 radical (unpaired) electrons. The lowest BCUT2D eigenvalue weighted by Gasteiger charge is -2.07. The van der Waals surface area contributed by atoms with E-state index in [0.29, 0.717) is 10.6 Å². The van der Waals surface area contributed by atoms with Crippen LogP contribution in [0.3, 0.4) is 0 Å². The number of carbonyl (C=O) groups is 3. The summed E-state index contributed by atoms with van der Waals surface area (Å²) in [4.78, 5) is 36.8. The average Bonchev–Trinajstić information content (AvgIpc) is 2.93. The number of anilines is 1. The van der Waals surface area contributed by atoms with Crippen molar-refractivity contribution < 1.29 is 23.9 Å². The third-order valence-electron chi connectivity index (χ3n) is 3.67. The Morgan fingerprint density at radius 3 is 2.48 bits per heavy atom. The normalized spacial score (nSPS) is 10.6. The molecule has 27 heavy (non-hydrogen) atoms. The Labute approximate surface area is 161 Å². The summed E-state index contributed by atoms with van der Waals surface area (Å²) < 4.78 is 9.97. The fourth-order valence-corrected chi connectivity index (χ4v) is 3.30. The minimum atomic E-state index is -0.627. The maximum atomic E-state index is 12.1.